The van der Waals surface area contributed by atoms with Crippen molar-refractivity contribution in [1.29, 1.82) is 0 Å². The van der Waals surface area contributed by atoms with Crippen LogP contribution in [0.4, 0.5) is 5.69 Å². The average molecular weight is 419 g/mol. The highest BCUT2D eigenvalue weighted by Crippen LogP contribution is 2.30. The second kappa shape index (κ2) is 7.33. The number of nitrogens with one attached hydrogen (secondary N) is 2. The minimum Gasteiger partial charge on any atom is -0.361 e. The number of carbonyl (C=O) groups is 2. The number of amides is 2. The fraction of sp³-hybridized carbons (Fsp3) is 0.409. The van der Waals surface area contributed by atoms with Gasteiger partial charge in [-0.15, -0.1) is 0 Å². The molecule has 2 aromatic heterocycles. The maximum absolute atomic E-state index is 13.1. The van der Waals surface area contributed by atoms with Crippen molar-refractivity contribution in [3.8, 4) is 0 Å². The van der Waals surface area contributed by atoms with E-state index in [1.165, 1.54) is 6.33 Å². The molecule has 2 aliphatic heterocycles. The number of aromatic nitrogens is 4. The largest absolute Gasteiger partial charge is 0.361 e. The first-order valence-electron chi connectivity index (χ1n) is 10.6. The highest BCUT2D eigenvalue weighted by Gasteiger charge is 2.41. The number of carbonyl (C=O) groups excluding carboxylic acids is 2. The molecule has 5 rings (SSSR count). The van der Waals surface area contributed by atoms with Crippen LogP contribution in [0.1, 0.15) is 46.6 Å². The Labute approximate surface area is 179 Å². The van der Waals surface area contributed by atoms with Crippen LogP contribution >= 0.6 is 0 Å². The standard InChI is InChI=1S/C22H25N7O2/c1-14-16(15(2)29-21(25-14)23-13-24-29)8-9-19(30)28-11-5-10-22(12-28)26-18-7-4-3-6-17(18)20(31)27-22/h3-4,6-7,13,26H,5,8-12H2,1-2H3,(H,27,31). The van der Waals surface area contributed by atoms with Crippen LogP contribution in [0.2, 0.25) is 0 Å². The molecule has 160 valence electrons. The molecule has 31 heavy (non-hydrogen) atoms. The van der Waals surface area contributed by atoms with E-state index < -0.39 is 5.66 Å². The monoisotopic (exact) mass is 419 g/mol. The van der Waals surface area contributed by atoms with Crippen molar-refractivity contribution in [1.82, 2.24) is 29.8 Å². The number of nitrogens with zero attached hydrogens (tertiary/aromatic N) is 5. The van der Waals surface area contributed by atoms with Crippen LogP contribution in [0.5, 0.6) is 0 Å². The quantitative estimate of drug-likeness (QED) is 0.671. The van der Waals surface area contributed by atoms with Crippen molar-refractivity contribution >= 4 is 23.3 Å². The Balaban J connectivity index is 1.30. The summed E-state index contributed by atoms with van der Waals surface area (Å²) in [4.78, 5) is 36.2. The van der Waals surface area contributed by atoms with E-state index in [0.29, 0.717) is 37.3 Å². The molecule has 0 saturated carbocycles. The number of rotatable bonds is 3. The van der Waals surface area contributed by atoms with E-state index in [2.05, 4.69) is 25.7 Å². The zero-order valence-corrected chi connectivity index (χ0v) is 17.7. The Morgan fingerprint density at radius 2 is 2.06 bits per heavy atom. The number of aryl methyl sites for hydroxylation is 2. The second-order valence-electron chi connectivity index (χ2n) is 8.36. The minimum atomic E-state index is -0.619. The van der Waals surface area contributed by atoms with Gasteiger partial charge in [0, 0.05) is 30.0 Å². The Morgan fingerprint density at radius 1 is 1.23 bits per heavy atom. The fourth-order valence-corrected chi connectivity index (χ4v) is 4.74. The third-order valence-electron chi connectivity index (χ3n) is 6.32. The summed E-state index contributed by atoms with van der Waals surface area (Å²) < 4.78 is 1.71. The Bertz CT molecular complexity index is 1190. The minimum absolute atomic E-state index is 0.0754. The van der Waals surface area contributed by atoms with E-state index in [0.717, 1.165) is 35.5 Å². The highest BCUT2D eigenvalue weighted by molar-refractivity contribution is 6.02. The van der Waals surface area contributed by atoms with Crippen molar-refractivity contribution in [2.75, 3.05) is 18.4 Å². The first-order chi connectivity index (χ1) is 15.0. The molecule has 0 aliphatic carbocycles. The molecular formula is C22H25N7O2. The number of piperidine rings is 1. The van der Waals surface area contributed by atoms with Gasteiger partial charge in [0.05, 0.1) is 12.1 Å². The highest BCUT2D eigenvalue weighted by atomic mass is 16.2. The summed E-state index contributed by atoms with van der Waals surface area (Å²) in [5.41, 5.74) is 3.69. The van der Waals surface area contributed by atoms with E-state index in [9.17, 15) is 9.59 Å². The molecule has 1 unspecified atom stereocenters. The number of anilines is 1. The van der Waals surface area contributed by atoms with Crippen LogP contribution in [0, 0.1) is 13.8 Å². The molecule has 1 spiro atoms. The van der Waals surface area contributed by atoms with Gasteiger partial charge in [-0.25, -0.2) is 9.50 Å². The van der Waals surface area contributed by atoms with Crippen molar-refractivity contribution in [2.24, 2.45) is 0 Å². The lowest BCUT2D eigenvalue weighted by Crippen LogP contribution is -2.66. The maximum Gasteiger partial charge on any atom is 0.255 e. The van der Waals surface area contributed by atoms with Crippen LogP contribution in [-0.2, 0) is 11.2 Å². The van der Waals surface area contributed by atoms with Crippen molar-refractivity contribution in [2.45, 2.75) is 45.2 Å². The van der Waals surface area contributed by atoms with Gasteiger partial charge >= 0.3 is 0 Å². The molecule has 1 aromatic carbocycles. The molecule has 1 atom stereocenters. The Kier molecular flexibility index (Phi) is 4.60. The van der Waals surface area contributed by atoms with Crippen LogP contribution in [0.3, 0.4) is 0 Å². The number of para-hydroxylation sites is 1. The third kappa shape index (κ3) is 3.39. The zero-order valence-electron chi connectivity index (χ0n) is 17.7. The van der Waals surface area contributed by atoms with Gasteiger partial charge in [0.15, 0.2) is 0 Å². The van der Waals surface area contributed by atoms with Gasteiger partial charge in [-0.05, 0) is 50.8 Å². The molecule has 3 aromatic rings. The number of fused-ring (bicyclic) bond motifs is 2. The summed E-state index contributed by atoms with van der Waals surface area (Å²) in [6.07, 6.45) is 4.06. The van der Waals surface area contributed by atoms with Crippen molar-refractivity contribution in [3.05, 3.63) is 53.1 Å². The Hall–Kier alpha value is -3.49. The van der Waals surface area contributed by atoms with Crippen LogP contribution in [0.15, 0.2) is 30.6 Å². The molecule has 2 amide bonds. The van der Waals surface area contributed by atoms with Gasteiger partial charge < -0.3 is 15.5 Å². The van der Waals surface area contributed by atoms with Crippen LogP contribution in [0.25, 0.3) is 5.78 Å². The van der Waals surface area contributed by atoms with Gasteiger partial charge in [0.25, 0.3) is 11.7 Å². The van der Waals surface area contributed by atoms with E-state index in [1.807, 2.05) is 36.9 Å². The van der Waals surface area contributed by atoms with Gasteiger partial charge in [0.2, 0.25) is 5.91 Å². The molecular weight excluding hydrogens is 394 g/mol. The summed E-state index contributed by atoms with van der Waals surface area (Å²) in [5, 5.41) is 10.8. The molecule has 0 bridgehead atoms. The smallest absolute Gasteiger partial charge is 0.255 e. The van der Waals surface area contributed by atoms with Crippen molar-refractivity contribution < 1.29 is 9.59 Å². The molecule has 9 heteroatoms. The predicted molar refractivity (Wildman–Crippen MR) is 115 cm³/mol. The summed E-state index contributed by atoms with van der Waals surface area (Å²) in [5.74, 6) is 0.552. The lowest BCUT2D eigenvalue weighted by atomic mass is 9.93. The molecule has 2 aliphatic rings. The molecule has 1 saturated heterocycles. The van der Waals surface area contributed by atoms with E-state index in [-0.39, 0.29) is 11.8 Å². The second-order valence-corrected chi connectivity index (χ2v) is 8.36. The summed E-state index contributed by atoms with van der Waals surface area (Å²) in [6, 6.07) is 7.48. The predicted octanol–water partition coefficient (Wildman–Crippen LogP) is 1.85. The topological polar surface area (TPSA) is 105 Å². The van der Waals surface area contributed by atoms with Gasteiger partial charge in [-0.2, -0.15) is 10.1 Å². The zero-order chi connectivity index (χ0) is 21.6. The van der Waals surface area contributed by atoms with E-state index in [1.54, 1.807) is 10.6 Å². The number of benzene rings is 1. The van der Waals surface area contributed by atoms with Gasteiger partial charge in [0.1, 0.15) is 12.0 Å². The third-order valence-corrected chi connectivity index (χ3v) is 6.32. The first-order valence-corrected chi connectivity index (χ1v) is 10.6. The average Bonchev–Trinajstić information content (AvgIpc) is 3.22. The van der Waals surface area contributed by atoms with E-state index >= 15 is 0 Å². The summed E-state index contributed by atoms with van der Waals surface area (Å²) in [7, 11) is 0. The Morgan fingerprint density at radius 3 is 2.94 bits per heavy atom. The van der Waals surface area contributed by atoms with Crippen molar-refractivity contribution in [3.63, 3.8) is 0 Å². The molecule has 9 nitrogen and oxygen atoms in total. The summed E-state index contributed by atoms with van der Waals surface area (Å²) >= 11 is 0. The van der Waals surface area contributed by atoms with E-state index in [4.69, 9.17) is 0 Å². The number of hydrogen-bond acceptors (Lipinski definition) is 6. The lowest BCUT2D eigenvalue weighted by Gasteiger charge is -2.46. The van der Waals surface area contributed by atoms with Gasteiger partial charge in [-0.3, -0.25) is 9.59 Å². The maximum atomic E-state index is 13.1. The van der Waals surface area contributed by atoms with Gasteiger partial charge in [-0.1, -0.05) is 12.1 Å². The normalized spacial score (nSPS) is 20.5. The lowest BCUT2D eigenvalue weighted by molar-refractivity contribution is -0.133. The molecule has 0 radical (unpaired) electrons. The van der Waals surface area contributed by atoms with Crippen LogP contribution < -0.4 is 10.6 Å². The molecule has 1 fully saturated rings. The molecule has 2 N–H and O–H groups in total. The number of likely N-dealkylation sites (tertiary alicyclic amines) is 1. The fourth-order valence-electron chi connectivity index (χ4n) is 4.74. The summed E-state index contributed by atoms with van der Waals surface area (Å²) in [6.45, 7) is 5.06. The SMILES string of the molecule is Cc1nc2ncnn2c(C)c1CCC(=O)N1CCCC2(C1)NC(=O)c1ccccc1N2. The van der Waals surface area contributed by atoms with Crippen LogP contribution in [-0.4, -0.2) is 55.0 Å². The number of hydrogen-bond donors (Lipinski definition) is 2. The molecule has 4 heterocycles. The first kappa shape index (κ1) is 19.5.